The van der Waals surface area contributed by atoms with Gasteiger partial charge in [0.05, 0.1) is 10.9 Å². The lowest BCUT2D eigenvalue weighted by atomic mass is 9.99. The number of hydrogen-bond donors (Lipinski definition) is 2. The fraction of sp³-hybridized carbons (Fsp3) is 0.261. The molecule has 2 heterocycles. The van der Waals surface area contributed by atoms with Crippen LogP contribution in [0.15, 0.2) is 64.9 Å². The number of anilines is 1. The molecule has 0 spiro atoms. The van der Waals surface area contributed by atoms with Gasteiger partial charge in [0.2, 0.25) is 15.9 Å². The lowest BCUT2D eigenvalue weighted by Crippen LogP contribution is -2.29. The standard InChI is InChI=1S/C23H24N2O3S2/c1-15(2)16-5-7-17(8-6-16)23(21-4-3-13-29-21)25-30(27,28)19-10-11-20-18(14-19)9-12-22(26)24-20/h3-8,10-11,13-15,23,25H,9,12H2,1-2H3,(H,24,26). The molecule has 2 aromatic carbocycles. The quantitative estimate of drug-likeness (QED) is 0.577. The molecule has 1 atom stereocenters. The second-order valence-electron chi connectivity index (χ2n) is 7.76. The summed E-state index contributed by atoms with van der Waals surface area (Å²) in [5.74, 6) is 0.366. The van der Waals surface area contributed by atoms with Gasteiger partial charge in [-0.1, -0.05) is 44.2 Å². The van der Waals surface area contributed by atoms with Gasteiger partial charge in [0.25, 0.3) is 0 Å². The van der Waals surface area contributed by atoms with Crippen LogP contribution in [-0.2, 0) is 21.2 Å². The van der Waals surface area contributed by atoms with Gasteiger partial charge in [-0.05, 0) is 58.7 Å². The van der Waals surface area contributed by atoms with E-state index < -0.39 is 16.1 Å². The number of sulfonamides is 1. The van der Waals surface area contributed by atoms with Crippen LogP contribution in [0.2, 0.25) is 0 Å². The Balaban J connectivity index is 1.66. The average molecular weight is 441 g/mol. The first-order valence-electron chi connectivity index (χ1n) is 9.92. The Labute approximate surface area is 181 Å². The zero-order valence-electron chi connectivity index (χ0n) is 16.9. The van der Waals surface area contributed by atoms with Crippen LogP contribution in [0.1, 0.15) is 53.8 Å². The molecule has 1 aliphatic heterocycles. The zero-order valence-corrected chi connectivity index (χ0v) is 18.5. The Morgan fingerprint density at radius 1 is 1.00 bits per heavy atom. The summed E-state index contributed by atoms with van der Waals surface area (Å²) < 4.78 is 29.4. The molecule has 5 nitrogen and oxygen atoms in total. The smallest absolute Gasteiger partial charge is 0.241 e. The van der Waals surface area contributed by atoms with Crippen molar-refractivity contribution in [2.24, 2.45) is 0 Å². The van der Waals surface area contributed by atoms with E-state index in [0.717, 1.165) is 16.0 Å². The zero-order chi connectivity index (χ0) is 21.3. The SMILES string of the molecule is CC(C)c1ccc(C(NS(=O)(=O)c2ccc3c(c2)CCC(=O)N3)c2cccs2)cc1. The number of carbonyl (C=O) groups excluding carboxylic acids is 1. The van der Waals surface area contributed by atoms with Gasteiger partial charge in [0.1, 0.15) is 0 Å². The number of aryl methyl sites for hydroxylation is 1. The number of amides is 1. The molecule has 1 aromatic heterocycles. The monoisotopic (exact) mass is 440 g/mol. The van der Waals surface area contributed by atoms with Crippen molar-refractivity contribution in [1.29, 1.82) is 0 Å². The molecular formula is C23H24N2O3S2. The molecule has 0 bridgehead atoms. The van der Waals surface area contributed by atoms with Gasteiger partial charge in [-0.3, -0.25) is 4.79 Å². The Hall–Kier alpha value is -2.48. The van der Waals surface area contributed by atoms with Crippen molar-refractivity contribution in [1.82, 2.24) is 4.72 Å². The van der Waals surface area contributed by atoms with Gasteiger partial charge < -0.3 is 5.32 Å². The maximum absolute atomic E-state index is 13.2. The summed E-state index contributed by atoms with van der Waals surface area (Å²) in [5.41, 5.74) is 3.63. The molecule has 156 valence electrons. The molecule has 2 N–H and O–H groups in total. The van der Waals surface area contributed by atoms with Crippen molar-refractivity contribution >= 4 is 33.0 Å². The van der Waals surface area contributed by atoms with E-state index in [2.05, 4.69) is 36.0 Å². The van der Waals surface area contributed by atoms with E-state index in [0.29, 0.717) is 24.4 Å². The molecule has 1 unspecified atom stereocenters. The van der Waals surface area contributed by atoms with E-state index in [1.807, 2.05) is 29.6 Å². The predicted octanol–water partition coefficient (Wildman–Crippen LogP) is 4.82. The molecular weight excluding hydrogens is 416 g/mol. The van der Waals surface area contributed by atoms with Crippen LogP contribution in [0.25, 0.3) is 0 Å². The average Bonchev–Trinajstić information content (AvgIpc) is 3.26. The van der Waals surface area contributed by atoms with Gasteiger partial charge in [-0.2, -0.15) is 4.72 Å². The van der Waals surface area contributed by atoms with Crippen molar-refractivity contribution in [2.75, 3.05) is 5.32 Å². The fourth-order valence-corrected chi connectivity index (χ4v) is 5.70. The third-order valence-electron chi connectivity index (χ3n) is 5.32. The Morgan fingerprint density at radius 3 is 2.40 bits per heavy atom. The highest BCUT2D eigenvalue weighted by atomic mass is 32.2. The number of benzene rings is 2. The third-order valence-corrected chi connectivity index (χ3v) is 7.68. The van der Waals surface area contributed by atoms with Gasteiger partial charge in [0.15, 0.2) is 0 Å². The number of rotatable bonds is 6. The maximum Gasteiger partial charge on any atom is 0.241 e. The van der Waals surface area contributed by atoms with Crippen LogP contribution in [0.3, 0.4) is 0 Å². The predicted molar refractivity (Wildman–Crippen MR) is 120 cm³/mol. The van der Waals surface area contributed by atoms with Crippen molar-refractivity contribution in [3.05, 3.63) is 81.5 Å². The van der Waals surface area contributed by atoms with E-state index in [9.17, 15) is 13.2 Å². The molecule has 1 aliphatic rings. The van der Waals surface area contributed by atoms with E-state index in [1.165, 1.54) is 16.9 Å². The van der Waals surface area contributed by atoms with Crippen LogP contribution in [0.5, 0.6) is 0 Å². The summed E-state index contributed by atoms with van der Waals surface area (Å²) in [4.78, 5) is 12.7. The minimum Gasteiger partial charge on any atom is -0.326 e. The van der Waals surface area contributed by atoms with Crippen LogP contribution in [0.4, 0.5) is 5.69 Å². The summed E-state index contributed by atoms with van der Waals surface area (Å²) in [6, 6.07) is 16.3. The maximum atomic E-state index is 13.2. The van der Waals surface area contributed by atoms with Gasteiger partial charge in [-0.15, -0.1) is 11.3 Å². The highest BCUT2D eigenvalue weighted by Crippen LogP contribution is 2.31. The van der Waals surface area contributed by atoms with Gasteiger partial charge in [0, 0.05) is 17.0 Å². The molecule has 0 saturated carbocycles. The number of carbonyl (C=O) groups is 1. The molecule has 7 heteroatoms. The van der Waals surface area contributed by atoms with E-state index >= 15 is 0 Å². The molecule has 0 saturated heterocycles. The fourth-order valence-electron chi connectivity index (χ4n) is 3.57. The Bertz CT molecular complexity index is 1150. The highest BCUT2D eigenvalue weighted by molar-refractivity contribution is 7.89. The van der Waals surface area contributed by atoms with Gasteiger partial charge in [-0.25, -0.2) is 8.42 Å². The van der Waals surface area contributed by atoms with Crippen LogP contribution in [0, 0.1) is 0 Å². The minimum absolute atomic E-state index is 0.0427. The molecule has 3 aromatic rings. The lowest BCUT2D eigenvalue weighted by molar-refractivity contribution is -0.116. The topological polar surface area (TPSA) is 75.3 Å². The molecule has 0 radical (unpaired) electrons. The summed E-state index contributed by atoms with van der Waals surface area (Å²) >= 11 is 1.52. The first-order chi connectivity index (χ1) is 14.3. The molecule has 0 fully saturated rings. The second-order valence-corrected chi connectivity index (χ2v) is 10.5. The van der Waals surface area contributed by atoms with Gasteiger partial charge >= 0.3 is 0 Å². The normalized spacial score (nSPS) is 15.0. The minimum atomic E-state index is -3.76. The Kier molecular flexibility index (Phi) is 5.77. The number of hydrogen-bond acceptors (Lipinski definition) is 4. The first-order valence-corrected chi connectivity index (χ1v) is 12.3. The van der Waals surface area contributed by atoms with Crippen LogP contribution < -0.4 is 10.0 Å². The number of thiophene rings is 1. The summed E-state index contributed by atoms with van der Waals surface area (Å²) in [6.45, 7) is 4.26. The molecule has 0 aliphatic carbocycles. The van der Waals surface area contributed by atoms with Crippen molar-refractivity contribution in [2.45, 2.75) is 43.5 Å². The van der Waals surface area contributed by atoms with Crippen LogP contribution in [-0.4, -0.2) is 14.3 Å². The first kappa shape index (κ1) is 20.8. The Morgan fingerprint density at radius 2 is 1.73 bits per heavy atom. The molecule has 30 heavy (non-hydrogen) atoms. The lowest BCUT2D eigenvalue weighted by Gasteiger charge is -2.21. The molecule has 4 rings (SSSR count). The second kappa shape index (κ2) is 8.34. The van der Waals surface area contributed by atoms with E-state index in [-0.39, 0.29) is 10.8 Å². The summed E-state index contributed by atoms with van der Waals surface area (Å²) in [6.07, 6.45) is 0.902. The van der Waals surface area contributed by atoms with Crippen molar-refractivity contribution in [3.8, 4) is 0 Å². The summed E-state index contributed by atoms with van der Waals surface area (Å²) in [7, 11) is -3.76. The van der Waals surface area contributed by atoms with Crippen molar-refractivity contribution < 1.29 is 13.2 Å². The largest absolute Gasteiger partial charge is 0.326 e. The van der Waals surface area contributed by atoms with E-state index in [1.54, 1.807) is 18.2 Å². The number of fused-ring (bicyclic) bond motifs is 1. The summed E-state index contributed by atoms with van der Waals surface area (Å²) in [5, 5.41) is 4.73. The van der Waals surface area contributed by atoms with Crippen LogP contribution >= 0.6 is 11.3 Å². The third kappa shape index (κ3) is 4.33. The molecule has 1 amide bonds. The van der Waals surface area contributed by atoms with Crippen molar-refractivity contribution in [3.63, 3.8) is 0 Å². The number of nitrogens with one attached hydrogen (secondary N) is 2. The van der Waals surface area contributed by atoms with E-state index in [4.69, 9.17) is 0 Å². The highest BCUT2D eigenvalue weighted by Gasteiger charge is 2.25.